The number of amides is 1. The predicted octanol–water partition coefficient (Wildman–Crippen LogP) is 3.30. The molecule has 0 spiro atoms. The fourth-order valence-electron chi connectivity index (χ4n) is 2.45. The molecule has 0 bridgehead atoms. The van der Waals surface area contributed by atoms with Crippen molar-refractivity contribution in [2.75, 3.05) is 7.11 Å². The molecule has 1 amide bonds. The minimum atomic E-state index is -0.428. The van der Waals surface area contributed by atoms with Crippen LogP contribution in [0.2, 0.25) is 0 Å². The standard InChI is InChI=1S/C16H20FNO2/c1-20-15-9-7-12(11-14(15)17)8-10-16(19)18-13-5-3-2-4-6-13/h7-11,13H,2-6H2,1H3,(H,18,19). The van der Waals surface area contributed by atoms with Crippen LogP contribution in [0.3, 0.4) is 0 Å². The molecule has 0 radical (unpaired) electrons. The third-order valence-electron chi connectivity index (χ3n) is 3.55. The minimum Gasteiger partial charge on any atom is -0.494 e. The largest absolute Gasteiger partial charge is 0.494 e. The molecular formula is C16H20FNO2. The molecule has 0 atom stereocenters. The minimum absolute atomic E-state index is 0.117. The molecule has 0 aliphatic heterocycles. The zero-order valence-electron chi connectivity index (χ0n) is 11.7. The monoisotopic (exact) mass is 277 g/mol. The number of rotatable bonds is 4. The summed E-state index contributed by atoms with van der Waals surface area (Å²) in [4.78, 5) is 11.8. The Morgan fingerprint density at radius 3 is 2.75 bits per heavy atom. The Morgan fingerprint density at radius 1 is 1.35 bits per heavy atom. The third kappa shape index (κ3) is 4.08. The van der Waals surface area contributed by atoms with E-state index in [4.69, 9.17) is 4.74 Å². The Morgan fingerprint density at radius 2 is 2.10 bits per heavy atom. The van der Waals surface area contributed by atoms with Crippen molar-refractivity contribution in [2.24, 2.45) is 0 Å². The van der Waals surface area contributed by atoms with Crippen LogP contribution in [0.4, 0.5) is 4.39 Å². The Kier molecular flexibility index (Phi) is 5.16. The van der Waals surface area contributed by atoms with Gasteiger partial charge in [-0.1, -0.05) is 25.3 Å². The second kappa shape index (κ2) is 7.08. The summed E-state index contributed by atoms with van der Waals surface area (Å²) in [6, 6.07) is 4.90. The second-order valence-corrected chi connectivity index (χ2v) is 5.07. The Hall–Kier alpha value is -1.84. The predicted molar refractivity (Wildman–Crippen MR) is 77.0 cm³/mol. The molecule has 0 saturated heterocycles. The van der Waals surface area contributed by atoms with Crippen molar-refractivity contribution in [1.29, 1.82) is 0 Å². The van der Waals surface area contributed by atoms with E-state index in [1.165, 1.54) is 38.5 Å². The van der Waals surface area contributed by atoms with Crippen molar-refractivity contribution in [3.05, 3.63) is 35.7 Å². The normalized spacial score (nSPS) is 16.3. The summed E-state index contributed by atoms with van der Waals surface area (Å²) in [6.45, 7) is 0. The van der Waals surface area contributed by atoms with Crippen molar-refractivity contribution >= 4 is 12.0 Å². The van der Waals surface area contributed by atoms with Crippen LogP contribution in [0, 0.1) is 5.82 Å². The molecule has 1 fully saturated rings. The second-order valence-electron chi connectivity index (χ2n) is 5.07. The summed E-state index contributed by atoms with van der Waals surface area (Å²) in [6.07, 6.45) is 8.79. The third-order valence-corrected chi connectivity index (χ3v) is 3.55. The van der Waals surface area contributed by atoms with Gasteiger partial charge in [-0.25, -0.2) is 4.39 Å². The molecule has 0 aromatic heterocycles. The van der Waals surface area contributed by atoms with Crippen LogP contribution in [0.5, 0.6) is 5.75 Å². The molecule has 1 aliphatic rings. The highest BCUT2D eigenvalue weighted by Crippen LogP contribution is 2.19. The number of halogens is 1. The number of carbonyl (C=O) groups is 1. The maximum Gasteiger partial charge on any atom is 0.244 e. The van der Waals surface area contributed by atoms with Gasteiger partial charge in [-0.2, -0.15) is 0 Å². The van der Waals surface area contributed by atoms with Gasteiger partial charge >= 0.3 is 0 Å². The van der Waals surface area contributed by atoms with Crippen molar-refractivity contribution in [2.45, 2.75) is 38.1 Å². The zero-order chi connectivity index (χ0) is 14.4. The molecule has 1 aromatic rings. The van der Waals surface area contributed by atoms with Crippen molar-refractivity contribution in [3.63, 3.8) is 0 Å². The van der Waals surface area contributed by atoms with Gasteiger partial charge in [-0.05, 0) is 36.6 Å². The van der Waals surface area contributed by atoms with E-state index in [-0.39, 0.29) is 17.7 Å². The molecule has 1 aromatic carbocycles. The first kappa shape index (κ1) is 14.6. The Bertz CT molecular complexity index is 493. The van der Waals surface area contributed by atoms with Gasteiger partial charge in [0.15, 0.2) is 11.6 Å². The first-order chi connectivity index (χ1) is 9.69. The Labute approximate surface area is 118 Å². The smallest absolute Gasteiger partial charge is 0.244 e. The van der Waals surface area contributed by atoms with E-state index in [1.807, 2.05) is 0 Å². The van der Waals surface area contributed by atoms with Gasteiger partial charge in [-0.15, -0.1) is 0 Å². The molecule has 1 saturated carbocycles. The van der Waals surface area contributed by atoms with E-state index in [0.29, 0.717) is 5.56 Å². The zero-order valence-corrected chi connectivity index (χ0v) is 11.7. The lowest BCUT2D eigenvalue weighted by atomic mass is 9.95. The lowest BCUT2D eigenvalue weighted by Gasteiger charge is -2.21. The van der Waals surface area contributed by atoms with Crippen LogP contribution < -0.4 is 10.1 Å². The van der Waals surface area contributed by atoms with E-state index < -0.39 is 5.82 Å². The maximum absolute atomic E-state index is 13.5. The number of ether oxygens (including phenoxy) is 1. The topological polar surface area (TPSA) is 38.3 Å². The molecule has 2 rings (SSSR count). The summed E-state index contributed by atoms with van der Waals surface area (Å²) in [5.74, 6) is -0.343. The van der Waals surface area contributed by atoms with Gasteiger partial charge in [0.2, 0.25) is 5.91 Å². The molecule has 0 unspecified atom stereocenters. The van der Waals surface area contributed by atoms with Gasteiger partial charge in [0.05, 0.1) is 7.11 Å². The lowest BCUT2D eigenvalue weighted by molar-refractivity contribution is -0.117. The molecule has 108 valence electrons. The number of hydrogen-bond acceptors (Lipinski definition) is 2. The number of benzene rings is 1. The number of nitrogens with one attached hydrogen (secondary N) is 1. The summed E-state index contributed by atoms with van der Waals surface area (Å²) < 4.78 is 18.3. The molecule has 4 heteroatoms. The van der Waals surface area contributed by atoms with Crippen molar-refractivity contribution in [1.82, 2.24) is 5.32 Å². The highest BCUT2D eigenvalue weighted by atomic mass is 19.1. The van der Waals surface area contributed by atoms with Gasteiger partial charge in [0.25, 0.3) is 0 Å². The summed E-state index contributed by atoms with van der Waals surface area (Å²) in [7, 11) is 1.42. The molecule has 0 heterocycles. The molecule has 20 heavy (non-hydrogen) atoms. The number of hydrogen-bond donors (Lipinski definition) is 1. The number of methoxy groups -OCH3 is 1. The van der Waals surface area contributed by atoms with Crippen LogP contribution >= 0.6 is 0 Å². The van der Waals surface area contributed by atoms with Crippen LogP contribution in [0.25, 0.3) is 6.08 Å². The average Bonchev–Trinajstić information content (AvgIpc) is 2.46. The van der Waals surface area contributed by atoms with E-state index in [1.54, 1.807) is 18.2 Å². The SMILES string of the molecule is COc1ccc(C=CC(=O)NC2CCCCC2)cc1F. The fourth-order valence-corrected chi connectivity index (χ4v) is 2.45. The Balaban J connectivity index is 1.91. The van der Waals surface area contributed by atoms with Gasteiger partial charge < -0.3 is 10.1 Å². The lowest BCUT2D eigenvalue weighted by Crippen LogP contribution is -2.34. The molecule has 3 nitrogen and oxygen atoms in total. The van der Waals surface area contributed by atoms with Crippen LogP contribution in [0.15, 0.2) is 24.3 Å². The maximum atomic E-state index is 13.5. The van der Waals surface area contributed by atoms with Crippen LogP contribution in [0.1, 0.15) is 37.7 Å². The first-order valence-electron chi connectivity index (χ1n) is 7.01. The molecule has 1 aliphatic carbocycles. The molecular weight excluding hydrogens is 257 g/mol. The van der Waals surface area contributed by atoms with Gasteiger partial charge in [0, 0.05) is 12.1 Å². The highest BCUT2D eigenvalue weighted by Gasteiger charge is 2.14. The van der Waals surface area contributed by atoms with Crippen molar-refractivity contribution < 1.29 is 13.9 Å². The van der Waals surface area contributed by atoms with E-state index >= 15 is 0 Å². The summed E-state index contributed by atoms with van der Waals surface area (Å²) >= 11 is 0. The van der Waals surface area contributed by atoms with Crippen LogP contribution in [-0.4, -0.2) is 19.1 Å². The highest BCUT2D eigenvalue weighted by molar-refractivity contribution is 5.91. The summed E-state index contributed by atoms with van der Waals surface area (Å²) in [5, 5.41) is 2.98. The quantitative estimate of drug-likeness (QED) is 0.858. The fraction of sp³-hybridized carbons (Fsp3) is 0.438. The van der Waals surface area contributed by atoms with Crippen molar-refractivity contribution in [3.8, 4) is 5.75 Å². The first-order valence-corrected chi connectivity index (χ1v) is 7.01. The van der Waals surface area contributed by atoms with Gasteiger partial charge in [0.1, 0.15) is 0 Å². The average molecular weight is 277 g/mol. The van der Waals surface area contributed by atoms with E-state index in [2.05, 4.69) is 5.32 Å². The van der Waals surface area contributed by atoms with E-state index in [0.717, 1.165) is 12.8 Å². The number of carbonyl (C=O) groups excluding carboxylic acids is 1. The summed E-state index contributed by atoms with van der Waals surface area (Å²) in [5.41, 5.74) is 0.641. The molecule has 1 N–H and O–H groups in total. The van der Waals surface area contributed by atoms with Gasteiger partial charge in [-0.3, -0.25) is 4.79 Å². The van der Waals surface area contributed by atoms with E-state index in [9.17, 15) is 9.18 Å². The van der Waals surface area contributed by atoms with Crippen LogP contribution in [-0.2, 0) is 4.79 Å².